The number of benzene rings is 1. The standard InChI is InChI=1S/C17H17N3O2S/c1-2-3-4-12-5-6-14-15(11-12)23-17(18-14)19-16(21)13-7-9-20(22)10-8-13/h5-11H,2-4H2,1H3,(H,18,19,21). The summed E-state index contributed by atoms with van der Waals surface area (Å²) in [5.41, 5.74) is 2.61. The zero-order valence-electron chi connectivity index (χ0n) is 12.8. The highest BCUT2D eigenvalue weighted by Gasteiger charge is 2.11. The molecule has 0 aliphatic rings. The number of fused-ring (bicyclic) bond motifs is 1. The average Bonchev–Trinajstić information content (AvgIpc) is 2.94. The van der Waals surface area contributed by atoms with Crippen molar-refractivity contribution in [2.75, 3.05) is 5.32 Å². The van der Waals surface area contributed by atoms with Gasteiger partial charge in [0.2, 0.25) is 0 Å². The van der Waals surface area contributed by atoms with Crippen molar-refractivity contribution in [1.82, 2.24) is 4.98 Å². The van der Waals surface area contributed by atoms with Gasteiger partial charge in [-0.15, -0.1) is 0 Å². The molecule has 0 aliphatic carbocycles. The highest BCUT2D eigenvalue weighted by molar-refractivity contribution is 7.22. The monoisotopic (exact) mass is 327 g/mol. The van der Waals surface area contributed by atoms with E-state index in [1.807, 2.05) is 6.07 Å². The molecule has 3 aromatic rings. The Kier molecular flexibility index (Phi) is 4.52. The van der Waals surface area contributed by atoms with Crippen LogP contribution in [0.1, 0.15) is 35.7 Å². The average molecular weight is 327 g/mol. The summed E-state index contributed by atoms with van der Waals surface area (Å²) in [7, 11) is 0. The topological polar surface area (TPSA) is 68.9 Å². The van der Waals surface area contributed by atoms with Crippen LogP contribution in [0.4, 0.5) is 5.13 Å². The van der Waals surface area contributed by atoms with E-state index in [0.29, 0.717) is 15.4 Å². The smallest absolute Gasteiger partial charge is 0.257 e. The molecular weight excluding hydrogens is 310 g/mol. The van der Waals surface area contributed by atoms with Gasteiger partial charge < -0.3 is 5.21 Å². The van der Waals surface area contributed by atoms with Crippen molar-refractivity contribution in [3.05, 3.63) is 59.1 Å². The molecule has 1 amide bonds. The second-order valence-electron chi connectivity index (χ2n) is 5.33. The first-order valence-electron chi connectivity index (χ1n) is 7.55. The lowest BCUT2D eigenvalue weighted by Crippen LogP contribution is -2.25. The Hall–Kier alpha value is -2.47. The molecule has 3 rings (SSSR count). The normalized spacial score (nSPS) is 10.8. The minimum absolute atomic E-state index is 0.268. The van der Waals surface area contributed by atoms with Gasteiger partial charge in [-0.1, -0.05) is 30.7 Å². The van der Waals surface area contributed by atoms with E-state index in [-0.39, 0.29) is 5.91 Å². The van der Waals surface area contributed by atoms with E-state index in [0.717, 1.165) is 16.6 Å². The number of hydrogen-bond donors (Lipinski definition) is 1. The molecule has 1 aromatic carbocycles. The molecule has 0 fully saturated rings. The minimum atomic E-state index is -0.268. The van der Waals surface area contributed by atoms with Crippen molar-refractivity contribution < 1.29 is 9.52 Å². The number of aromatic nitrogens is 2. The quantitative estimate of drug-likeness (QED) is 0.576. The van der Waals surface area contributed by atoms with Crippen molar-refractivity contribution >= 4 is 32.6 Å². The fraction of sp³-hybridized carbons (Fsp3) is 0.235. The van der Waals surface area contributed by atoms with Crippen LogP contribution in [0.2, 0.25) is 0 Å². The maximum absolute atomic E-state index is 12.2. The Morgan fingerprint density at radius 1 is 1.30 bits per heavy atom. The van der Waals surface area contributed by atoms with Crippen LogP contribution < -0.4 is 10.0 Å². The van der Waals surface area contributed by atoms with Gasteiger partial charge in [-0.25, -0.2) is 4.98 Å². The maximum Gasteiger partial charge on any atom is 0.257 e. The molecule has 0 unspecified atom stereocenters. The number of thiazole rings is 1. The number of aryl methyl sites for hydroxylation is 1. The number of anilines is 1. The van der Waals surface area contributed by atoms with E-state index in [2.05, 4.69) is 29.4 Å². The predicted octanol–water partition coefficient (Wildman–Crippen LogP) is 3.52. The van der Waals surface area contributed by atoms with Crippen molar-refractivity contribution in [3.63, 3.8) is 0 Å². The summed E-state index contributed by atoms with van der Waals surface area (Å²) < 4.78 is 1.71. The first-order chi connectivity index (χ1) is 11.2. The number of nitrogens with one attached hydrogen (secondary N) is 1. The van der Waals surface area contributed by atoms with Crippen molar-refractivity contribution in [2.24, 2.45) is 0 Å². The third-order valence-electron chi connectivity index (χ3n) is 3.56. The first kappa shape index (κ1) is 15.4. The second kappa shape index (κ2) is 6.75. The summed E-state index contributed by atoms with van der Waals surface area (Å²) in [6.07, 6.45) is 6.00. The van der Waals surface area contributed by atoms with Gasteiger partial charge in [-0.05, 0) is 30.5 Å². The van der Waals surface area contributed by atoms with Gasteiger partial charge in [0.05, 0.1) is 15.8 Å². The Morgan fingerprint density at radius 2 is 2.09 bits per heavy atom. The van der Waals surface area contributed by atoms with Crippen LogP contribution >= 0.6 is 11.3 Å². The third-order valence-corrected chi connectivity index (χ3v) is 4.49. The van der Waals surface area contributed by atoms with E-state index in [1.165, 1.54) is 54.3 Å². The highest BCUT2D eigenvalue weighted by atomic mass is 32.1. The fourth-order valence-electron chi connectivity index (χ4n) is 2.29. The lowest BCUT2D eigenvalue weighted by molar-refractivity contribution is -0.605. The molecule has 0 spiro atoms. The number of amides is 1. The van der Waals surface area contributed by atoms with Crippen LogP contribution in [0.15, 0.2) is 42.7 Å². The molecule has 1 N–H and O–H groups in total. The van der Waals surface area contributed by atoms with Crippen LogP contribution in [0.25, 0.3) is 10.2 Å². The summed E-state index contributed by atoms with van der Waals surface area (Å²) in [5, 5.41) is 14.4. The van der Waals surface area contributed by atoms with Gasteiger partial charge in [0.15, 0.2) is 17.5 Å². The number of carbonyl (C=O) groups excluding carboxylic acids is 1. The van der Waals surface area contributed by atoms with Gasteiger partial charge in [0, 0.05) is 12.1 Å². The fourth-order valence-corrected chi connectivity index (χ4v) is 3.22. The lowest BCUT2D eigenvalue weighted by atomic mass is 10.1. The summed E-state index contributed by atoms with van der Waals surface area (Å²) >= 11 is 1.46. The molecule has 2 aromatic heterocycles. The molecule has 0 aliphatic heterocycles. The molecule has 2 heterocycles. The van der Waals surface area contributed by atoms with Crippen LogP contribution in [-0.4, -0.2) is 10.9 Å². The van der Waals surface area contributed by atoms with Crippen LogP contribution in [0.3, 0.4) is 0 Å². The van der Waals surface area contributed by atoms with E-state index in [9.17, 15) is 10.0 Å². The molecular formula is C17H17N3O2S. The Balaban J connectivity index is 1.77. The summed E-state index contributed by atoms with van der Waals surface area (Å²) in [4.78, 5) is 16.6. The second-order valence-corrected chi connectivity index (χ2v) is 6.36. The van der Waals surface area contributed by atoms with Crippen LogP contribution in [0.5, 0.6) is 0 Å². The number of hydrogen-bond acceptors (Lipinski definition) is 4. The predicted molar refractivity (Wildman–Crippen MR) is 91.6 cm³/mol. The van der Waals surface area contributed by atoms with Crippen molar-refractivity contribution in [2.45, 2.75) is 26.2 Å². The van der Waals surface area contributed by atoms with E-state index in [4.69, 9.17) is 0 Å². The molecule has 0 bridgehead atoms. The number of carbonyl (C=O) groups is 1. The SMILES string of the molecule is CCCCc1ccc2nc(NC(=O)c3cc[n+]([O-])cc3)sc2c1. The van der Waals surface area contributed by atoms with Crippen LogP contribution in [0, 0.1) is 5.21 Å². The van der Waals surface area contributed by atoms with Gasteiger partial charge >= 0.3 is 0 Å². The van der Waals surface area contributed by atoms with E-state index in [1.54, 1.807) is 0 Å². The Morgan fingerprint density at radius 3 is 2.83 bits per heavy atom. The molecule has 6 heteroatoms. The lowest BCUT2D eigenvalue weighted by Gasteiger charge is -2.00. The summed E-state index contributed by atoms with van der Waals surface area (Å²) in [5.74, 6) is -0.268. The number of pyridine rings is 1. The largest absolute Gasteiger partial charge is 0.619 e. The van der Waals surface area contributed by atoms with Gasteiger partial charge in [0.25, 0.3) is 5.91 Å². The third kappa shape index (κ3) is 3.65. The molecule has 23 heavy (non-hydrogen) atoms. The Bertz CT molecular complexity index is 827. The van der Waals surface area contributed by atoms with E-state index >= 15 is 0 Å². The van der Waals surface area contributed by atoms with Gasteiger partial charge in [0.1, 0.15) is 0 Å². The summed E-state index contributed by atoms with van der Waals surface area (Å²) in [6, 6.07) is 9.20. The molecule has 5 nitrogen and oxygen atoms in total. The number of rotatable bonds is 5. The molecule has 0 saturated carbocycles. The Labute approximate surface area is 138 Å². The van der Waals surface area contributed by atoms with Gasteiger partial charge in [-0.3, -0.25) is 10.1 Å². The van der Waals surface area contributed by atoms with Crippen molar-refractivity contribution in [1.29, 1.82) is 0 Å². The van der Waals surface area contributed by atoms with E-state index < -0.39 is 0 Å². The van der Waals surface area contributed by atoms with Gasteiger partial charge in [-0.2, -0.15) is 4.73 Å². The molecule has 0 saturated heterocycles. The van der Waals surface area contributed by atoms with Crippen molar-refractivity contribution in [3.8, 4) is 0 Å². The zero-order chi connectivity index (χ0) is 16.2. The summed E-state index contributed by atoms with van der Waals surface area (Å²) in [6.45, 7) is 2.18. The number of unbranched alkanes of at least 4 members (excludes halogenated alkanes) is 1. The number of nitrogens with zero attached hydrogens (tertiary/aromatic N) is 2. The minimum Gasteiger partial charge on any atom is -0.619 e. The molecule has 0 atom stereocenters. The highest BCUT2D eigenvalue weighted by Crippen LogP contribution is 2.27. The zero-order valence-corrected chi connectivity index (χ0v) is 13.6. The molecule has 0 radical (unpaired) electrons. The van der Waals surface area contributed by atoms with Crippen LogP contribution in [-0.2, 0) is 6.42 Å². The maximum atomic E-state index is 12.2. The first-order valence-corrected chi connectivity index (χ1v) is 8.37. The molecule has 118 valence electrons.